The van der Waals surface area contributed by atoms with Crippen LogP contribution in [-0.2, 0) is 0 Å². The number of carbonyl (C=O) groups excluding carboxylic acids is 1. The number of rotatable bonds is 4. The molecule has 7 heteroatoms. The van der Waals surface area contributed by atoms with Crippen LogP contribution in [0.3, 0.4) is 0 Å². The summed E-state index contributed by atoms with van der Waals surface area (Å²) in [6.07, 6.45) is 5.63. The van der Waals surface area contributed by atoms with E-state index < -0.39 is 0 Å². The Morgan fingerprint density at radius 2 is 2.32 bits per heavy atom. The highest BCUT2D eigenvalue weighted by molar-refractivity contribution is 6.04. The molecule has 0 spiro atoms. The van der Waals surface area contributed by atoms with E-state index in [4.69, 9.17) is 0 Å². The van der Waals surface area contributed by atoms with Crippen LogP contribution < -0.4 is 16.0 Å². The molecular weight excluding hydrogens is 280 g/mol. The molecule has 22 heavy (non-hydrogen) atoms. The molecule has 0 aliphatic carbocycles. The Hall–Kier alpha value is -2.15. The minimum atomic E-state index is -0.132. The molecule has 2 aromatic rings. The highest BCUT2D eigenvalue weighted by Crippen LogP contribution is 2.17. The zero-order valence-electron chi connectivity index (χ0n) is 12.9. The van der Waals surface area contributed by atoms with E-state index in [-0.39, 0.29) is 11.9 Å². The van der Waals surface area contributed by atoms with Crippen molar-refractivity contribution in [2.24, 2.45) is 0 Å². The second-order valence-corrected chi connectivity index (χ2v) is 5.97. The van der Waals surface area contributed by atoms with Gasteiger partial charge < -0.3 is 20.9 Å². The lowest BCUT2D eigenvalue weighted by Gasteiger charge is -2.24. The van der Waals surface area contributed by atoms with Gasteiger partial charge in [0.15, 0.2) is 5.65 Å². The van der Waals surface area contributed by atoms with E-state index in [0.717, 1.165) is 25.9 Å². The molecule has 7 nitrogen and oxygen atoms in total. The van der Waals surface area contributed by atoms with Gasteiger partial charge in [0, 0.05) is 24.8 Å². The molecule has 1 unspecified atom stereocenters. The lowest BCUT2D eigenvalue weighted by atomic mass is 10.1. The van der Waals surface area contributed by atoms with Crippen molar-refractivity contribution in [2.75, 3.05) is 18.4 Å². The first-order valence-electron chi connectivity index (χ1n) is 7.75. The van der Waals surface area contributed by atoms with Gasteiger partial charge >= 0.3 is 0 Å². The first kappa shape index (κ1) is 14.8. The minimum Gasteiger partial charge on any atom is -0.365 e. The third kappa shape index (κ3) is 3.19. The number of nitrogens with zero attached hydrogens (tertiary/aromatic N) is 2. The molecule has 3 heterocycles. The largest absolute Gasteiger partial charge is 0.365 e. The summed E-state index contributed by atoms with van der Waals surface area (Å²) in [6.45, 7) is 5.86. The Labute approximate surface area is 129 Å². The average molecular weight is 302 g/mol. The van der Waals surface area contributed by atoms with E-state index in [1.807, 2.05) is 13.8 Å². The summed E-state index contributed by atoms with van der Waals surface area (Å²) in [7, 11) is 0. The first-order valence-corrected chi connectivity index (χ1v) is 7.75. The fourth-order valence-electron chi connectivity index (χ4n) is 2.66. The van der Waals surface area contributed by atoms with Crippen LogP contribution in [0.1, 0.15) is 37.0 Å². The maximum atomic E-state index is 12.2. The van der Waals surface area contributed by atoms with Crippen molar-refractivity contribution in [1.82, 2.24) is 25.6 Å². The van der Waals surface area contributed by atoms with Crippen LogP contribution >= 0.6 is 0 Å². The molecule has 2 aromatic heterocycles. The van der Waals surface area contributed by atoms with Crippen LogP contribution in [0, 0.1) is 0 Å². The Morgan fingerprint density at radius 3 is 3.05 bits per heavy atom. The Balaban J connectivity index is 1.82. The highest BCUT2D eigenvalue weighted by Gasteiger charge is 2.17. The molecule has 0 radical (unpaired) electrons. The molecular formula is C15H22N6O. The summed E-state index contributed by atoms with van der Waals surface area (Å²) >= 11 is 0. The molecule has 118 valence electrons. The molecule has 1 atom stereocenters. The topological polar surface area (TPSA) is 94.7 Å². The van der Waals surface area contributed by atoms with Gasteiger partial charge in [-0.15, -0.1) is 0 Å². The molecule has 1 aliphatic rings. The summed E-state index contributed by atoms with van der Waals surface area (Å²) in [5.74, 6) is 0.575. The Kier molecular flexibility index (Phi) is 4.24. The molecule has 1 amide bonds. The smallest absolute Gasteiger partial charge is 0.255 e. The zero-order valence-corrected chi connectivity index (χ0v) is 12.9. The maximum absolute atomic E-state index is 12.2. The molecule has 1 aliphatic heterocycles. The van der Waals surface area contributed by atoms with Crippen LogP contribution in [0.5, 0.6) is 0 Å². The number of H-pyrrole nitrogens is 1. The first-order chi connectivity index (χ1) is 10.6. The van der Waals surface area contributed by atoms with Crippen molar-refractivity contribution in [3.8, 4) is 0 Å². The third-order valence-electron chi connectivity index (χ3n) is 3.69. The van der Waals surface area contributed by atoms with Gasteiger partial charge in [0.2, 0.25) is 0 Å². The predicted molar refractivity (Wildman–Crippen MR) is 86.0 cm³/mol. The fourth-order valence-corrected chi connectivity index (χ4v) is 2.66. The van der Waals surface area contributed by atoms with Crippen molar-refractivity contribution >= 4 is 22.9 Å². The maximum Gasteiger partial charge on any atom is 0.255 e. The second kappa shape index (κ2) is 6.31. The summed E-state index contributed by atoms with van der Waals surface area (Å²) < 4.78 is 0. The Morgan fingerprint density at radius 1 is 1.45 bits per heavy atom. The van der Waals surface area contributed by atoms with E-state index in [1.54, 1.807) is 12.4 Å². The van der Waals surface area contributed by atoms with Gasteiger partial charge in [-0.05, 0) is 33.2 Å². The molecule has 0 saturated carbocycles. The van der Waals surface area contributed by atoms with E-state index >= 15 is 0 Å². The number of hydrogen-bond donors (Lipinski definition) is 4. The van der Waals surface area contributed by atoms with Gasteiger partial charge in [-0.2, -0.15) is 0 Å². The number of piperidine rings is 1. The van der Waals surface area contributed by atoms with Crippen molar-refractivity contribution in [3.63, 3.8) is 0 Å². The lowest BCUT2D eigenvalue weighted by Crippen LogP contribution is -2.38. The SMILES string of the molecule is CC(C)NC(=O)c1c[nH]c2ncc(NC3CCCNC3)nc12. The van der Waals surface area contributed by atoms with E-state index in [2.05, 4.69) is 30.9 Å². The summed E-state index contributed by atoms with van der Waals surface area (Å²) in [4.78, 5) is 24.1. The van der Waals surface area contributed by atoms with Gasteiger partial charge in [-0.25, -0.2) is 9.97 Å². The normalized spacial score (nSPS) is 18.6. The number of hydrogen-bond acceptors (Lipinski definition) is 5. The van der Waals surface area contributed by atoms with Crippen molar-refractivity contribution in [2.45, 2.75) is 38.8 Å². The molecule has 4 N–H and O–H groups in total. The fraction of sp³-hybridized carbons (Fsp3) is 0.533. The molecule has 0 aromatic carbocycles. The van der Waals surface area contributed by atoms with Crippen LogP contribution in [0.15, 0.2) is 12.4 Å². The van der Waals surface area contributed by atoms with Crippen LogP contribution in [0.2, 0.25) is 0 Å². The molecule has 3 rings (SSSR count). The summed E-state index contributed by atoms with van der Waals surface area (Å²) in [5, 5.41) is 9.63. The van der Waals surface area contributed by atoms with Gasteiger partial charge in [-0.1, -0.05) is 0 Å². The second-order valence-electron chi connectivity index (χ2n) is 5.97. The van der Waals surface area contributed by atoms with E-state index in [0.29, 0.717) is 28.6 Å². The van der Waals surface area contributed by atoms with Gasteiger partial charge in [0.1, 0.15) is 11.3 Å². The highest BCUT2D eigenvalue weighted by atomic mass is 16.1. The molecule has 1 fully saturated rings. The number of carbonyl (C=O) groups is 1. The van der Waals surface area contributed by atoms with Crippen molar-refractivity contribution in [3.05, 3.63) is 18.0 Å². The Bertz CT molecular complexity index is 659. The van der Waals surface area contributed by atoms with Crippen molar-refractivity contribution < 1.29 is 4.79 Å². The molecule has 0 bridgehead atoms. The van der Waals surface area contributed by atoms with Crippen LogP contribution in [-0.4, -0.2) is 46.0 Å². The summed E-state index contributed by atoms with van der Waals surface area (Å²) in [6, 6.07) is 0.437. The third-order valence-corrected chi connectivity index (χ3v) is 3.69. The number of nitrogens with one attached hydrogen (secondary N) is 4. The number of aromatic nitrogens is 3. The zero-order chi connectivity index (χ0) is 15.5. The van der Waals surface area contributed by atoms with Crippen LogP contribution in [0.25, 0.3) is 11.2 Å². The van der Waals surface area contributed by atoms with Gasteiger partial charge in [-0.3, -0.25) is 4.79 Å². The van der Waals surface area contributed by atoms with Gasteiger partial charge in [0.25, 0.3) is 5.91 Å². The number of anilines is 1. The van der Waals surface area contributed by atoms with Gasteiger partial charge in [0.05, 0.1) is 11.8 Å². The van der Waals surface area contributed by atoms with E-state index in [1.165, 1.54) is 0 Å². The lowest BCUT2D eigenvalue weighted by molar-refractivity contribution is 0.0944. The van der Waals surface area contributed by atoms with Crippen molar-refractivity contribution in [1.29, 1.82) is 0 Å². The number of aromatic amines is 1. The number of amides is 1. The standard InChI is InChI=1S/C15H22N6O/c1-9(2)19-15(22)11-7-17-14-13(11)21-12(8-18-14)20-10-4-3-5-16-6-10/h7-10,16H,3-6H2,1-2H3,(H,17,18)(H,19,22)(H,20,21). The molecule has 1 saturated heterocycles. The monoisotopic (exact) mass is 302 g/mol. The summed E-state index contributed by atoms with van der Waals surface area (Å²) in [5.41, 5.74) is 1.76. The average Bonchev–Trinajstić information content (AvgIpc) is 2.91. The predicted octanol–water partition coefficient (Wildman–Crippen LogP) is 1.26. The number of fused-ring (bicyclic) bond motifs is 1. The quantitative estimate of drug-likeness (QED) is 0.682. The van der Waals surface area contributed by atoms with E-state index in [9.17, 15) is 4.79 Å². The minimum absolute atomic E-state index is 0.0834. The van der Waals surface area contributed by atoms with Crippen LogP contribution in [0.4, 0.5) is 5.82 Å².